The highest BCUT2D eigenvalue weighted by atomic mass is 79.9. The molecule has 112 valence electrons. The zero-order valence-electron chi connectivity index (χ0n) is 11.4. The summed E-state index contributed by atoms with van der Waals surface area (Å²) in [7, 11) is 0. The molecular weight excluding hydrogens is 341 g/mol. The summed E-state index contributed by atoms with van der Waals surface area (Å²) in [6.45, 7) is 2.41. The Labute approximate surface area is 130 Å². The van der Waals surface area contributed by atoms with Crippen molar-refractivity contribution in [1.29, 1.82) is 0 Å². The Morgan fingerprint density at radius 3 is 2.76 bits per heavy atom. The summed E-state index contributed by atoms with van der Waals surface area (Å²) in [4.78, 5) is 24.6. The molecule has 1 aromatic rings. The lowest BCUT2D eigenvalue weighted by Crippen LogP contribution is -2.28. The highest BCUT2D eigenvalue weighted by Crippen LogP contribution is 2.23. The maximum absolute atomic E-state index is 13.6. The Morgan fingerprint density at radius 2 is 2.14 bits per heavy atom. The van der Waals surface area contributed by atoms with Crippen molar-refractivity contribution in [2.45, 2.75) is 6.92 Å². The minimum atomic E-state index is -0.889. The van der Waals surface area contributed by atoms with E-state index < -0.39 is 17.7 Å². The van der Waals surface area contributed by atoms with E-state index in [1.807, 2.05) is 6.92 Å². The van der Waals surface area contributed by atoms with Crippen LogP contribution in [0.5, 0.6) is 0 Å². The topological polar surface area (TPSA) is 57.6 Å². The van der Waals surface area contributed by atoms with Crippen LogP contribution in [0.25, 0.3) is 6.08 Å². The summed E-state index contributed by atoms with van der Waals surface area (Å²) < 4.78 is 14.3. The average Bonchev–Trinajstić information content (AvgIpc) is 2.82. The number of amides is 1. The molecule has 0 saturated carbocycles. The molecule has 1 aliphatic rings. The summed E-state index contributed by atoms with van der Waals surface area (Å²) in [5.74, 6) is -2.22. The fraction of sp³-hybridized carbons (Fsp3) is 0.333. The van der Waals surface area contributed by atoms with E-state index in [9.17, 15) is 14.0 Å². The summed E-state index contributed by atoms with van der Waals surface area (Å²) in [6.07, 6.45) is 2.68. The van der Waals surface area contributed by atoms with E-state index in [1.165, 1.54) is 23.1 Å². The Hall–Kier alpha value is -1.69. The first kappa shape index (κ1) is 15.7. The van der Waals surface area contributed by atoms with E-state index in [4.69, 9.17) is 5.11 Å². The van der Waals surface area contributed by atoms with Gasteiger partial charge in [-0.25, -0.2) is 4.39 Å². The Bertz CT molecular complexity index is 603. The van der Waals surface area contributed by atoms with Crippen LogP contribution in [-0.2, 0) is 9.59 Å². The standard InChI is InChI=1S/C15H15BrFNO3/c1-9-7-18(8-12(9)15(20)21)14(19)5-2-10-6-11(16)3-4-13(10)17/h2-6,9,12H,7-8H2,1H3,(H,20,21)/b5-2+/t9-,12-/m1/s1. The molecule has 1 heterocycles. The molecule has 2 atom stereocenters. The van der Waals surface area contributed by atoms with Crippen LogP contribution in [0.2, 0.25) is 0 Å². The van der Waals surface area contributed by atoms with Crippen molar-refractivity contribution in [3.63, 3.8) is 0 Å². The van der Waals surface area contributed by atoms with Crippen molar-refractivity contribution >= 4 is 33.9 Å². The van der Waals surface area contributed by atoms with Gasteiger partial charge in [0.05, 0.1) is 5.92 Å². The van der Waals surface area contributed by atoms with Gasteiger partial charge in [-0.05, 0) is 30.2 Å². The molecule has 0 aromatic heterocycles. The van der Waals surface area contributed by atoms with Gasteiger partial charge in [-0.3, -0.25) is 9.59 Å². The first-order valence-corrected chi connectivity index (χ1v) is 7.32. The lowest BCUT2D eigenvalue weighted by atomic mass is 9.99. The molecule has 0 radical (unpaired) electrons. The van der Waals surface area contributed by atoms with Gasteiger partial charge < -0.3 is 10.0 Å². The maximum Gasteiger partial charge on any atom is 0.308 e. The number of rotatable bonds is 3. The zero-order chi connectivity index (χ0) is 15.6. The van der Waals surface area contributed by atoms with E-state index in [2.05, 4.69) is 15.9 Å². The predicted octanol–water partition coefficient (Wildman–Crippen LogP) is 2.78. The summed E-state index contributed by atoms with van der Waals surface area (Å²) >= 11 is 3.24. The number of carboxylic acid groups (broad SMARTS) is 1. The second-order valence-electron chi connectivity index (χ2n) is 5.16. The number of likely N-dealkylation sites (tertiary alicyclic amines) is 1. The van der Waals surface area contributed by atoms with Crippen LogP contribution >= 0.6 is 15.9 Å². The first-order chi connectivity index (χ1) is 9.88. The van der Waals surface area contributed by atoms with Crippen molar-refractivity contribution in [3.05, 3.63) is 40.1 Å². The predicted molar refractivity (Wildman–Crippen MR) is 80.0 cm³/mol. The van der Waals surface area contributed by atoms with Gasteiger partial charge in [0.25, 0.3) is 0 Å². The third-order valence-electron chi connectivity index (χ3n) is 3.60. The second kappa shape index (κ2) is 6.39. The van der Waals surface area contributed by atoms with Gasteiger partial charge in [-0.2, -0.15) is 0 Å². The first-order valence-electron chi connectivity index (χ1n) is 6.53. The van der Waals surface area contributed by atoms with Crippen LogP contribution in [0.15, 0.2) is 28.7 Å². The molecule has 1 saturated heterocycles. The molecule has 1 fully saturated rings. The Kier molecular flexibility index (Phi) is 4.77. The molecule has 0 bridgehead atoms. The lowest BCUT2D eigenvalue weighted by molar-refractivity contribution is -0.142. The van der Waals surface area contributed by atoms with Gasteiger partial charge in [-0.15, -0.1) is 0 Å². The third-order valence-corrected chi connectivity index (χ3v) is 4.10. The number of aliphatic carboxylic acids is 1. The lowest BCUT2D eigenvalue weighted by Gasteiger charge is -2.12. The minimum absolute atomic E-state index is 0.0811. The molecule has 21 heavy (non-hydrogen) atoms. The molecule has 1 amide bonds. The van der Waals surface area contributed by atoms with Gasteiger partial charge >= 0.3 is 5.97 Å². The number of hydrogen-bond donors (Lipinski definition) is 1. The van der Waals surface area contributed by atoms with E-state index in [-0.39, 0.29) is 18.4 Å². The van der Waals surface area contributed by atoms with Crippen molar-refractivity contribution in [3.8, 4) is 0 Å². The number of benzene rings is 1. The van der Waals surface area contributed by atoms with Crippen LogP contribution in [-0.4, -0.2) is 35.0 Å². The van der Waals surface area contributed by atoms with Crippen LogP contribution in [0.4, 0.5) is 4.39 Å². The van der Waals surface area contributed by atoms with E-state index in [0.29, 0.717) is 12.1 Å². The van der Waals surface area contributed by atoms with Crippen LogP contribution in [0, 0.1) is 17.7 Å². The summed E-state index contributed by atoms with van der Waals surface area (Å²) in [5.41, 5.74) is 0.305. The molecule has 6 heteroatoms. The normalized spacial score (nSPS) is 22.0. The van der Waals surface area contributed by atoms with Crippen molar-refractivity contribution in [2.75, 3.05) is 13.1 Å². The van der Waals surface area contributed by atoms with E-state index in [0.717, 1.165) is 4.47 Å². The average molecular weight is 356 g/mol. The van der Waals surface area contributed by atoms with Crippen LogP contribution in [0.1, 0.15) is 12.5 Å². The molecule has 1 N–H and O–H groups in total. The Morgan fingerprint density at radius 1 is 1.43 bits per heavy atom. The fourth-order valence-corrected chi connectivity index (χ4v) is 2.76. The van der Waals surface area contributed by atoms with Crippen LogP contribution in [0.3, 0.4) is 0 Å². The second-order valence-corrected chi connectivity index (χ2v) is 6.08. The molecule has 1 aromatic carbocycles. The molecule has 2 rings (SSSR count). The zero-order valence-corrected chi connectivity index (χ0v) is 13.0. The van der Waals surface area contributed by atoms with Gasteiger partial charge in [0, 0.05) is 29.2 Å². The number of hydrogen-bond acceptors (Lipinski definition) is 2. The van der Waals surface area contributed by atoms with Crippen LogP contribution < -0.4 is 0 Å². The number of halogens is 2. The van der Waals surface area contributed by atoms with Gasteiger partial charge in [0.1, 0.15) is 5.82 Å². The molecule has 0 aliphatic carbocycles. The highest BCUT2D eigenvalue weighted by Gasteiger charge is 2.36. The Balaban J connectivity index is 2.07. The van der Waals surface area contributed by atoms with Gasteiger partial charge in [0.2, 0.25) is 5.91 Å². The molecular formula is C15H15BrFNO3. The quantitative estimate of drug-likeness (QED) is 0.848. The van der Waals surface area contributed by atoms with Crippen molar-refractivity contribution in [2.24, 2.45) is 11.8 Å². The largest absolute Gasteiger partial charge is 0.481 e. The number of nitrogens with zero attached hydrogens (tertiary/aromatic N) is 1. The molecule has 4 nitrogen and oxygen atoms in total. The minimum Gasteiger partial charge on any atom is -0.481 e. The monoisotopic (exact) mass is 355 g/mol. The maximum atomic E-state index is 13.6. The molecule has 0 unspecified atom stereocenters. The molecule has 1 aliphatic heterocycles. The summed E-state index contributed by atoms with van der Waals surface area (Å²) in [5, 5.41) is 9.05. The number of carboxylic acids is 1. The SMILES string of the molecule is C[C@@H]1CN(C(=O)/C=C/c2cc(Br)ccc2F)C[C@H]1C(=O)O. The summed E-state index contributed by atoms with van der Waals surface area (Å²) in [6, 6.07) is 4.46. The number of carbonyl (C=O) groups excluding carboxylic acids is 1. The number of carbonyl (C=O) groups is 2. The third kappa shape index (κ3) is 3.69. The fourth-order valence-electron chi connectivity index (χ4n) is 2.38. The van der Waals surface area contributed by atoms with Crippen molar-refractivity contribution in [1.82, 2.24) is 4.90 Å². The van der Waals surface area contributed by atoms with Crippen molar-refractivity contribution < 1.29 is 19.1 Å². The smallest absolute Gasteiger partial charge is 0.308 e. The van der Waals surface area contributed by atoms with Gasteiger partial charge in [-0.1, -0.05) is 22.9 Å². The van der Waals surface area contributed by atoms with Gasteiger partial charge in [0.15, 0.2) is 0 Å². The molecule has 0 spiro atoms. The van der Waals surface area contributed by atoms with E-state index in [1.54, 1.807) is 12.1 Å². The van der Waals surface area contributed by atoms with E-state index >= 15 is 0 Å². The highest BCUT2D eigenvalue weighted by molar-refractivity contribution is 9.10.